The Bertz CT molecular complexity index is 833. The van der Waals surface area contributed by atoms with Gasteiger partial charge >= 0.3 is 20.1 Å². The molecule has 2 aromatic heterocycles. The Morgan fingerprint density at radius 3 is 2.58 bits per heavy atom. The first kappa shape index (κ1) is 19.8. The molecule has 0 fully saturated rings. The van der Waals surface area contributed by atoms with Gasteiger partial charge in [0.15, 0.2) is 0 Å². The van der Waals surface area contributed by atoms with Crippen LogP contribution in [0.3, 0.4) is 0 Å². The predicted molar refractivity (Wildman–Crippen MR) is 94.4 cm³/mol. The van der Waals surface area contributed by atoms with E-state index in [0.29, 0.717) is 0 Å². The van der Waals surface area contributed by atoms with Crippen molar-refractivity contribution in [1.29, 1.82) is 0 Å². The molecule has 1 aliphatic rings. The van der Waals surface area contributed by atoms with Crippen LogP contribution in [0.1, 0.15) is 5.56 Å². The maximum Gasteiger partial charge on any atom is 3.00 e. The molecule has 1 aromatic carbocycles. The van der Waals surface area contributed by atoms with Gasteiger partial charge in [0, 0.05) is 23.9 Å². The van der Waals surface area contributed by atoms with Crippen LogP contribution in [-0.2, 0) is 20.1 Å². The average molecular weight is 527 g/mol. The minimum atomic E-state index is -0.264. The maximum atomic E-state index is 12.6. The quantitative estimate of drug-likeness (QED) is 0.480. The minimum Gasteiger partial charge on any atom is -0.574 e. The molecule has 7 heteroatoms. The summed E-state index contributed by atoms with van der Waals surface area (Å²) in [6.07, 6.45) is 7.25. The van der Waals surface area contributed by atoms with E-state index in [9.17, 15) is 4.39 Å². The second-order valence-corrected chi connectivity index (χ2v) is 5.51. The average Bonchev–Trinajstić information content (AvgIpc) is 3.28. The minimum absolute atomic E-state index is 0. The third kappa shape index (κ3) is 5.25. The van der Waals surface area contributed by atoms with E-state index >= 15 is 0 Å². The Labute approximate surface area is 165 Å². The second kappa shape index (κ2) is 9.27. The van der Waals surface area contributed by atoms with E-state index < -0.39 is 0 Å². The molecule has 0 N–H and O–H groups in total. The zero-order chi connectivity index (χ0) is 17.6. The van der Waals surface area contributed by atoms with Crippen molar-refractivity contribution < 1.29 is 24.5 Å². The molecule has 0 radical (unpaired) electrons. The summed E-state index contributed by atoms with van der Waals surface area (Å²) < 4.78 is 12.6. The molecule has 134 valence electrons. The van der Waals surface area contributed by atoms with Gasteiger partial charge in [-0.1, -0.05) is 11.8 Å². The first-order valence-corrected chi connectivity index (χ1v) is 7.70. The number of rotatable bonds is 2. The Morgan fingerprint density at radius 1 is 1.15 bits per heavy atom. The van der Waals surface area contributed by atoms with Crippen LogP contribution in [0, 0.1) is 25.5 Å². The maximum absolute atomic E-state index is 12.6. The molecular formula is C19H17FIrN5. The number of nitrogens with zero attached hydrogens (tertiary/aromatic N) is 5. The molecule has 0 aliphatic carbocycles. The van der Waals surface area contributed by atoms with Gasteiger partial charge in [0.1, 0.15) is 0 Å². The number of pyridine rings is 1. The second-order valence-electron chi connectivity index (χ2n) is 5.51. The van der Waals surface area contributed by atoms with Crippen molar-refractivity contribution >= 4 is 5.69 Å². The third-order valence-corrected chi connectivity index (χ3v) is 3.45. The number of benzene rings is 1. The van der Waals surface area contributed by atoms with Crippen LogP contribution in [0.5, 0.6) is 0 Å². The van der Waals surface area contributed by atoms with Crippen LogP contribution in [0.15, 0.2) is 61.2 Å². The largest absolute Gasteiger partial charge is 3.00 e. The molecule has 0 atom stereocenters. The van der Waals surface area contributed by atoms with Crippen molar-refractivity contribution in [2.24, 2.45) is 0 Å². The summed E-state index contributed by atoms with van der Waals surface area (Å²) >= 11 is 0. The monoisotopic (exact) mass is 527 g/mol. The molecule has 0 amide bonds. The number of hydrogen-bond donors (Lipinski definition) is 0. The van der Waals surface area contributed by atoms with E-state index in [4.69, 9.17) is 0 Å². The summed E-state index contributed by atoms with van der Waals surface area (Å²) in [6.45, 7) is 3.92. The molecule has 0 spiro atoms. The SMILES string of the molecule is CN1C=CN(c2[c-]cc(F)cc2)[CH-]1.Cc1ccnc(-c2ccn[n-]2)c1.[Ir+3]. The van der Waals surface area contributed by atoms with Crippen LogP contribution >= 0.6 is 0 Å². The summed E-state index contributed by atoms with van der Waals surface area (Å²) in [4.78, 5) is 7.97. The van der Waals surface area contributed by atoms with E-state index in [1.165, 1.54) is 17.7 Å². The molecule has 0 saturated carbocycles. The third-order valence-electron chi connectivity index (χ3n) is 3.45. The zero-order valence-corrected chi connectivity index (χ0v) is 16.7. The van der Waals surface area contributed by atoms with Crippen LogP contribution < -0.4 is 10.00 Å². The summed E-state index contributed by atoms with van der Waals surface area (Å²) in [5.74, 6) is -0.264. The first-order valence-electron chi connectivity index (χ1n) is 7.70. The van der Waals surface area contributed by atoms with E-state index in [2.05, 4.69) is 21.2 Å². The first-order chi connectivity index (χ1) is 12.1. The van der Waals surface area contributed by atoms with E-state index in [0.717, 1.165) is 17.1 Å². The number of aryl methyl sites for hydroxylation is 1. The van der Waals surface area contributed by atoms with E-state index in [1.54, 1.807) is 18.5 Å². The van der Waals surface area contributed by atoms with Crippen molar-refractivity contribution in [3.8, 4) is 11.4 Å². The summed E-state index contributed by atoms with van der Waals surface area (Å²) in [5.41, 5.74) is 3.73. The fourth-order valence-corrected chi connectivity index (χ4v) is 2.20. The van der Waals surface area contributed by atoms with Crippen LogP contribution in [-0.4, -0.2) is 22.0 Å². The van der Waals surface area contributed by atoms with Gasteiger partial charge in [0.2, 0.25) is 0 Å². The van der Waals surface area contributed by atoms with Gasteiger partial charge in [-0.3, -0.25) is 9.37 Å². The molecule has 26 heavy (non-hydrogen) atoms. The van der Waals surface area contributed by atoms with E-state index in [1.807, 2.05) is 61.0 Å². The van der Waals surface area contributed by atoms with Gasteiger partial charge in [0.05, 0.1) is 0 Å². The number of anilines is 1. The summed E-state index contributed by atoms with van der Waals surface area (Å²) in [7, 11) is 1.93. The Kier molecular flexibility index (Phi) is 7.06. The van der Waals surface area contributed by atoms with Crippen molar-refractivity contribution in [3.05, 3.63) is 85.3 Å². The summed E-state index contributed by atoms with van der Waals surface area (Å²) in [6, 6.07) is 13.1. The molecule has 0 unspecified atom stereocenters. The van der Waals surface area contributed by atoms with Gasteiger partial charge in [-0.2, -0.15) is 12.7 Å². The summed E-state index contributed by atoms with van der Waals surface area (Å²) in [5, 5.41) is 7.65. The fourth-order valence-electron chi connectivity index (χ4n) is 2.20. The Morgan fingerprint density at radius 2 is 2.00 bits per heavy atom. The van der Waals surface area contributed by atoms with Gasteiger partial charge in [0.25, 0.3) is 0 Å². The van der Waals surface area contributed by atoms with Gasteiger partial charge in [-0.05, 0) is 44.1 Å². The molecule has 0 bridgehead atoms. The molecular weight excluding hydrogens is 509 g/mol. The smallest absolute Gasteiger partial charge is 0.574 e. The van der Waals surface area contributed by atoms with Crippen molar-refractivity contribution in [3.63, 3.8) is 0 Å². The van der Waals surface area contributed by atoms with Crippen molar-refractivity contribution in [1.82, 2.24) is 20.1 Å². The number of aromatic nitrogens is 3. The Hall–Kier alpha value is -2.50. The molecule has 3 heterocycles. The molecule has 1 aliphatic heterocycles. The molecule has 5 nitrogen and oxygen atoms in total. The Balaban J connectivity index is 0.000000180. The van der Waals surface area contributed by atoms with Crippen molar-refractivity contribution in [2.45, 2.75) is 6.92 Å². The number of halogens is 1. The van der Waals surface area contributed by atoms with Crippen LogP contribution in [0.4, 0.5) is 10.1 Å². The fraction of sp³-hybridized carbons (Fsp3) is 0.105. The standard InChI is InChI=1S/C10H9FN2.C9H8N3.Ir/c1-12-6-7-13(8-12)10-4-2-9(11)3-5-10;1-7-2-4-10-9(6-7)8-3-5-11-12-8;/h2-4,6-8H,1H3;2-6H,1H3;/q-2;-1;+3. The van der Waals surface area contributed by atoms with Crippen molar-refractivity contribution in [2.75, 3.05) is 11.9 Å². The normalized spacial score (nSPS) is 12.4. The van der Waals surface area contributed by atoms with Crippen LogP contribution in [0.25, 0.3) is 11.4 Å². The van der Waals surface area contributed by atoms with Crippen LogP contribution in [0.2, 0.25) is 0 Å². The molecule has 0 saturated heterocycles. The molecule has 4 rings (SSSR count). The topological polar surface area (TPSA) is 46.4 Å². The van der Waals surface area contributed by atoms with E-state index in [-0.39, 0.29) is 25.9 Å². The molecule has 3 aromatic rings. The predicted octanol–water partition coefficient (Wildman–Crippen LogP) is 3.37. The van der Waals surface area contributed by atoms with Gasteiger partial charge in [-0.15, -0.1) is 23.9 Å². The number of hydrogen-bond acceptors (Lipinski definition) is 4. The zero-order valence-electron chi connectivity index (χ0n) is 14.3. The van der Waals surface area contributed by atoms with Gasteiger partial charge in [-0.25, -0.2) is 0 Å². The van der Waals surface area contributed by atoms with Gasteiger partial charge < -0.3 is 20.0 Å².